The lowest BCUT2D eigenvalue weighted by Gasteiger charge is -2.05. The third-order valence-corrected chi connectivity index (χ3v) is 2.50. The van der Waals surface area contributed by atoms with Gasteiger partial charge in [0.15, 0.2) is 0 Å². The molecule has 0 atom stereocenters. The first-order chi connectivity index (χ1) is 8.60. The first-order valence-corrected chi connectivity index (χ1v) is 5.28. The zero-order chi connectivity index (χ0) is 13.1. The smallest absolute Gasteiger partial charge is 0.337 e. The molecular weight excluding hydrogens is 235 g/mol. The molecular formula is C14H11FO3. The number of phenolic OH excluding ortho intramolecular Hbond substituents is 1. The number of ether oxygens (including phenoxy) is 1. The van der Waals surface area contributed by atoms with E-state index in [-0.39, 0.29) is 11.3 Å². The van der Waals surface area contributed by atoms with E-state index in [0.29, 0.717) is 11.1 Å². The number of carbonyl (C=O) groups is 1. The number of methoxy groups -OCH3 is 1. The van der Waals surface area contributed by atoms with Gasteiger partial charge in [-0.05, 0) is 41.5 Å². The summed E-state index contributed by atoms with van der Waals surface area (Å²) in [5.41, 5.74) is 1.27. The highest BCUT2D eigenvalue weighted by atomic mass is 19.1. The quantitative estimate of drug-likeness (QED) is 0.828. The van der Waals surface area contributed by atoms with Crippen LogP contribution in [0.15, 0.2) is 42.5 Å². The van der Waals surface area contributed by atoms with Crippen molar-refractivity contribution in [2.24, 2.45) is 0 Å². The Morgan fingerprint density at radius 3 is 2.61 bits per heavy atom. The van der Waals surface area contributed by atoms with E-state index >= 15 is 0 Å². The number of rotatable bonds is 2. The van der Waals surface area contributed by atoms with Gasteiger partial charge in [0.05, 0.1) is 12.7 Å². The Morgan fingerprint density at radius 1 is 1.17 bits per heavy atom. The van der Waals surface area contributed by atoms with E-state index < -0.39 is 11.8 Å². The standard InChI is InChI=1S/C14H11FO3/c1-18-14(17)11-5-10(6-12(15)7-11)9-3-2-4-13(16)8-9/h2-8,16H,1H3. The Labute approximate surface area is 103 Å². The first kappa shape index (κ1) is 12.1. The Balaban J connectivity index is 2.51. The van der Waals surface area contributed by atoms with Gasteiger partial charge in [-0.3, -0.25) is 0 Å². The van der Waals surface area contributed by atoms with Crippen LogP contribution in [-0.4, -0.2) is 18.2 Å². The molecule has 0 bridgehead atoms. The normalized spacial score (nSPS) is 10.1. The molecule has 2 aromatic carbocycles. The van der Waals surface area contributed by atoms with Gasteiger partial charge in [0.1, 0.15) is 11.6 Å². The number of phenols is 1. The molecule has 0 aromatic heterocycles. The van der Waals surface area contributed by atoms with Crippen molar-refractivity contribution in [1.29, 1.82) is 0 Å². The maximum Gasteiger partial charge on any atom is 0.337 e. The van der Waals surface area contributed by atoms with Gasteiger partial charge in [0, 0.05) is 0 Å². The molecule has 2 rings (SSSR count). The molecule has 0 aliphatic rings. The fourth-order valence-electron chi connectivity index (χ4n) is 1.68. The predicted molar refractivity (Wildman–Crippen MR) is 64.8 cm³/mol. The van der Waals surface area contributed by atoms with Crippen molar-refractivity contribution in [3.8, 4) is 16.9 Å². The summed E-state index contributed by atoms with van der Waals surface area (Å²) in [5, 5.41) is 9.38. The average Bonchev–Trinajstić information content (AvgIpc) is 2.37. The molecule has 0 amide bonds. The van der Waals surface area contributed by atoms with E-state index in [1.54, 1.807) is 12.1 Å². The van der Waals surface area contributed by atoms with Gasteiger partial charge in [-0.15, -0.1) is 0 Å². The third-order valence-electron chi connectivity index (χ3n) is 2.50. The molecule has 1 N–H and O–H groups in total. The molecule has 4 heteroatoms. The molecule has 0 saturated heterocycles. The van der Waals surface area contributed by atoms with E-state index in [2.05, 4.69) is 4.74 Å². The van der Waals surface area contributed by atoms with Gasteiger partial charge in [0.25, 0.3) is 0 Å². The van der Waals surface area contributed by atoms with Gasteiger partial charge in [0.2, 0.25) is 0 Å². The predicted octanol–water partition coefficient (Wildman–Crippen LogP) is 2.98. The number of halogens is 1. The molecule has 18 heavy (non-hydrogen) atoms. The minimum absolute atomic E-state index is 0.0800. The van der Waals surface area contributed by atoms with Crippen molar-refractivity contribution in [1.82, 2.24) is 0 Å². The van der Waals surface area contributed by atoms with Gasteiger partial charge >= 0.3 is 5.97 Å². The van der Waals surface area contributed by atoms with E-state index in [9.17, 15) is 14.3 Å². The van der Waals surface area contributed by atoms with Crippen molar-refractivity contribution in [3.63, 3.8) is 0 Å². The highest BCUT2D eigenvalue weighted by Crippen LogP contribution is 2.25. The highest BCUT2D eigenvalue weighted by Gasteiger charge is 2.10. The molecule has 0 fully saturated rings. The van der Waals surface area contributed by atoms with Crippen molar-refractivity contribution in [2.45, 2.75) is 0 Å². The number of aromatic hydroxyl groups is 1. The van der Waals surface area contributed by atoms with Crippen molar-refractivity contribution in [3.05, 3.63) is 53.8 Å². The SMILES string of the molecule is COC(=O)c1cc(F)cc(-c2cccc(O)c2)c1. The Morgan fingerprint density at radius 2 is 1.94 bits per heavy atom. The molecule has 0 saturated carbocycles. The Kier molecular flexibility index (Phi) is 3.28. The molecule has 92 valence electrons. The monoisotopic (exact) mass is 246 g/mol. The largest absolute Gasteiger partial charge is 0.508 e. The Hall–Kier alpha value is -2.36. The van der Waals surface area contributed by atoms with Crippen LogP contribution in [0.1, 0.15) is 10.4 Å². The third kappa shape index (κ3) is 2.48. The number of hydrogen-bond acceptors (Lipinski definition) is 3. The van der Waals surface area contributed by atoms with E-state index in [4.69, 9.17) is 0 Å². The summed E-state index contributed by atoms with van der Waals surface area (Å²) in [6.45, 7) is 0. The van der Waals surface area contributed by atoms with Crippen LogP contribution in [-0.2, 0) is 4.74 Å². The zero-order valence-corrected chi connectivity index (χ0v) is 9.68. The summed E-state index contributed by atoms with van der Waals surface area (Å²) in [6, 6.07) is 10.3. The summed E-state index contributed by atoms with van der Waals surface area (Å²) >= 11 is 0. The van der Waals surface area contributed by atoms with Crippen LogP contribution in [0.2, 0.25) is 0 Å². The maximum atomic E-state index is 13.4. The topological polar surface area (TPSA) is 46.5 Å². The lowest BCUT2D eigenvalue weighted by atomic mass is 10.0. The van der Waals surface area contributed by atoms with Gasteiger partial charge in [-0.1, -0.05) is 12.1 Å². The molecule has 0 spiro atoms. The fraction of sp³-hybridized carbons (Fsp3) is 0.0714. The lowest BCUT2D eigenvalue weighted by molar-refractivity contribution is 0.0600. The molecule has 0 aliphatic heterocycles. The van der Waals surface area contributed by atoms with Crippen LogP contribution >= 0.6 is 0 Å². The van der Waals surface area contributed by atoms with Crippen LogP contribution < -0.4 is 0 Å². The summed E-state index contributed by atoms with van der Waals surface area (Å²) in [6.07, 6.45) is 0. The molecule has 0 heterocycles. The summed E-state index contributed by atoms with van der Waals surface area (Å²) in [5.74, 6) is -1.05. The number of esters is 1. The van der Waals surface area contributed by atoms with E-state index in [1.165, 1.54) is 31.4 Å². The average molecular weight is 246 g/mol. The van der Waals surface area contributed by atoms with Crippen molar-refractivity contribution in [2.75, 3.05) is 7.11 Å². The van der Waals surface area contributed by atoms with Crippen LogP contribution in [0.4, 0.5) is 4.39 Å². The van der Waals surface area contributed by atoms with E-state index in [1.807, 2.05) is 0 Å². The lowest BCUT2D eigenvalue weighted by Crippen LogP contribution is -2.02. The van der Waals surface area contributed by atoms with Crippen LogP contribution in [0.25, 0.3) is 11.1 Å². The van der Waals surface area contributed by atoms with Crippen molar-refractivity contribution < 1.29 is 19.0 Å². The van der Waals surface area contributed by atoms with E-state index in [0.717, 1.165) is 6.07 Å². The molecule has 3 nitrogen and oxygen atoms in total. The summed E-state index contributed by atoms with van der Waals surface area (Å²) in [4.78, 5) is 11.4. The Bertz CT molecular complexity index is 593. The number of hydrogen-bond donors (Lipinski definition) is 1. The number of benzene rings is 2. The second-order valence-electron chi connectivity index (χ2n) is 3.77. The highest BCUT2D eigenvalue weighted by molar-refractivity contribution is 5.91. The molecule has 0 unspecified atom stereocenters. The zero-order valence-electron chi connectivity index (χ0n) is 9.68. The maximum absolute atomic E-state index is 13.4. The fourth-order valence-corrected chi connectivity index (χ4v) is 1.68. The van der Waals surface area contributed by atoms with Crippen LogP contribution in [0, 0.1) is 5.82 Å². The minimum atomic E-state index is -0.601. The minimum Gasteiger partial charge on any atom is -0.508 e. The number of carbonyl (C=O) groups excluding carboxylic acids is 1. The molecule has 2 aromatic rings. The molecule has 0 aliphatic carbocycles. The second kappa shape index (κ2) is 4.87. The second-order valence-corrected chi connectivity index (χ2v) is 3.77. The molecule has 0 radical (unpaired) electrons. The summed E-state index contributed by atoms with van der Waals surface area (Å²) in [7, 11) is 1.24. The summed E-state index contributed by atoms with van der Waals surface area (Å²) < 4.78 is 18.0. The first-order valence-electron chi connectivity index (χ1n) is 5.28. The van der Waals surface area contributed by atoms with Crippen molar-refractivity contribution >= 4 is 5.97 Å². The van der Waals surface area contributed by atoms with Gasteiger partial charge in [-0.2, -0.15) is 0 Å². The van der Waals surface area contributed by atoms with Gasteiger partial charge in [-0.25, -0.2) is 9.18 Å². The van der Waals surface area contributed by atoms with Gasteiger partial charge < -0.3 is 9.84 Å². The van der Waals surface area contributed by atoms with Crippen LogP contribution in [0.3, 0.4) is 0 Å². The van der Waals surface area contributed by atoms with Crippen LogP contribution in [0.5, 0.6) is 5.75 Å².